The van der Waals surface area contributed by atoms with Crippen molar-refractivity contribution in [2.75, 3.05) is 5.32 Å². The smallest absolute Gasteiger partial charge is 0.248 e. The summed E-state index contributed by atoms with van der Waals surface area (Å²) in [5.74, 6) is 0.537. The zero-order valence-corrected chi connectivity index (χ0v) is 12.8. The van der Waals surface area contributed by atoms with Gasteiger partial charge in [-0.2, -0.15) is 5.10 Å². The van der Waals surface area contributed by atoms with Crippen LogP contribution in [-0.2, 0) is 11.3 Å². The van der Waals surface area contributed by atoms with Crippen LogP contribution in [0.5, 0.6) is 0 Å². The topological polar surface area (TPSA) is 86.1 Å². The van der Waals surface area contributed by atoms with Gasteiger partial charge in [0.1, 0.15) is 5.76 Å². The number of aromatic nitrogens is 3. The second-order valence-corrected chi connectivity index (χ2v) is 5.11. The first-order chi connectivity index (χ1) is 11.1. The lowest BCUT2D eigenvalue weighted by Crippen LogP contribution is -2.07. The molecule has 3 heterocycles. The molecule has 0 unspecified atom stereocenters. The van der Waals surface area contributed by atoms with Crippen LogP contribution in [0.25, 0.3) is 6.08 Å². The normalized spacial score (nSPS) is 11.2. The van der Waals surface area contributed by atoms with E-state index in [-0.39, 0.29) is 5.91 Å². The van der Waals surface area contributed by atoms with Crippen LogP contribution in [-0.4, -0.2) is 20.8 Å². The second-order valence-electron chi connectivity index (χ2n) is 5.11. The first kappa shape index (κ1) is 14.8. The van der Waals surface area contributed by atoms with Gasteiger partial charge in [0.25, 0.3) is 0 Å². The summed E-state index contributed by atoms with van der Waals surface area (Å²) in [6.45, 7) is 4.29. The predicted octanol–water partition coefficient (Wildman–Crippen LogP) is 2.78. The van der Waals surface area contributed by atoms with Crippen LogP contribution in [0.4, 0.5) is 5.69 Å². The number of nitrogens with zero attached hydrogens (tertiary/aromatic N) is 3. The quantitative estimate of drug-likeness (QED) is 0.732. The predicted molar refractivity (Wildman–Crippen MR) is 83.7 cm³/mol. The van der Waals surface area contributed by atoms with E-state index in [4.69, 9.17) is 8.94 Å². The van der Waals surface area contributed by atoms with Gasteiger partial charge in [-0.25, -0.2) is 0 Å². The maximum atomic E-state index is 11.9. The fourth-order valence-electron chi connectivity index (χ4n) is 2.13. The van der Waals surface area contributed by atoms with E-state index in [9.17, 15) is 4.79 Å². The van der Waals surface area contributed by atoms with Crippen molar-refractivity contribution < 1.29 is 13.7 Å². The number of aryl methyl sites for hydroxylation is 2. The average molecular weight is 312 g/mol. The Kier molecular flexibility index (Phi) is 4.09. The van der Waals surface area contributed by atoms with E-state index < -0.39 is 0 Å². The van der Waals surface area contributed by atoms with Crippen molar-refractivity contribution >= 4 is 17.7 Å². The molecule has 0 atom stereocenters. The van der Waals surface area contributed by atoms with Crippen molar-refractivity contribution in [2.24, 2.45) is 0 Å². The first-order valence-corrected chi connectivity index (χ1v) is 7.07. The maximum absolute atomic E-state index is 11.9. The van der Waals surface area contributed by atoms with Gasteiger partial charge < -0.3 is 14.3 Å². The molecule has 3 aromatic rings. The molecule has 0 saturated heterocycles. The van der Waals surface area contributed by atoms with E-state index in [1.54, 1.807) is 41.7 Å². The van der Waals surface area contributed by atoms with Gasteiger partial charge >= 0.3 is 0 Å². The second kappa shape index (κ2) is 6.35. The standard InChI is InChI=1S/C16H16N4O3/c1-11-15(12(2)23-19-11)9-20-8-14(7-17-20)18-16(21)4-3-13-5-6-22-10-13/h3-8,10H,9H2,1-2H3,(H,18,21). The summed E-state index contributed by atoms with van der Waals surface area (Å²) in [5, 5.41) is 10.9. The van der Waals surface area contributed by atoms with E-state index in [1.807, 2.05) is 13.8 Å². The van der Waals surface area contributed by atoms with Crippen molar-refractivity contribution in [1.29, 1.82) is 0 Å². The largest absolute Gasteiger partial charge is 0.472 e. The van der Waals surface area contributed by atoms with Gasteiger partial charge in [-0.1, -0.05) is 5.16 Å². The van der Waals surface area contributed by atoms with E-state index in [0.717, 1.165) is 22.6 Å². The van der Waals surface area contributed by atoms with Crippen molar-refractivity contribution in [3.05, 3.63) is 59.6 Å². The number of furan rings is 1. The van der Waals surface area contributed by atoms with E-state index in [2.05, 4.69) is 15.6 Å². The Morgan fingerprint density at radius 2 is 2.30 bits per heavy atom. The number of carbonyl (C=O) groups excluding carboxylic acids is 1. The molecule has 0 saturated carbocycles. The van der Waals surface area contributed by atoms with E-state index in [1.165, 1.54) is 6.08 Å². The zero-order chi connectivity index (χ0) is 16.2. The minimum atomic E-state index is -0.233. The highest BCUT2D eigenvalue weighted by atomic mass is 16.5. The summed E-state index contributed by atoms with van der Waals surface area (Å²) < 4.78 is 11.8. The van der Waals surface area contributed by atoms with Crippen LogP contribution < -0.4 is 5.32 Å². The van der Waals surface area contributed by atoms with Gasteiger partial charge in [-0.05, 0) is 26.0 Å². The fourth-order valence-corrected chi connectivity index (χ4v) is 2.13. The maximum Gasteiger partial charge on any atom is 0.248 e. The number of carbonyl (C=O) groups is 1. The summed E-state index contributed by atoms with van der Waals surface area (Å²) in [5.41, 5.74) is 3.28. The molecule has 0 aliphatic rings. The molecule has 23 heavy (non-hydrogen) atoms. The van der Waals surface area contributed by atoms with Crippen LogP contribution in [0.1, 0.15) is 22.6 Å². The number of anilines is 1. The van der Waals surface area contributed by atoms with Crippen molar-refractivity contribution in [2.45, 2.75) is 20.4 Å². The van der Waals surface area contributed by atoms with Crippen molar-refractivity contribution in [3.63, 3.8) is 0 Å². The van der Waals surface area contributed by atoms with Crippen LogP contribution >= 0.6 is 0 Å². The van der Waals surface area contributed by atoms with Gasteiger partial charge in [0, 0.05) is 23.4 Å². The molecule has 0 aromatic carbocycles. The Morgan fingerprint density at radius 3 is 3.00 bits per heavy atom. The molecule has 0 aliphatic carbocycles. The van der Waals surface area contributed by atoms with E-state index in [0.29, 0.717) is 12.2 Å². The molecule has 0 aliphatic heterocycles. The molecule has 3 aromatic heterocycles. The van der Waals surface area contributed by atoms with Crippen molar-refractivity contribution in [1.82, 2.24) is 14.9 Å². The Hall–Kier alpha value is -3.09. The third kappa shape index (κ3) is 3.57. The first-order valence-electron chi connectivity index (χ1n) is 7.07. The SMILES string of the molecule is Cc1noc(C)c1Cn1cc(NC(=O)C=Cc2ccoc2)cn1. The molecule has 7 heteroatoms. The van der Waals surface area contributed by atoms with Crippen LogP contribution in [0.2, 0.25) is 0 Å². The lowest BCUT2D eigenvalue weighted by molar-refractivity contribution is -0.111. The van der Waals surface area contributed by atoms with Crippen molar-refractivity contribution in [3.8, 4) is 0 Å². The minimum Gasteiger partial charge on any atom is -0.472 e. The molecular formula is C16H16N4O3. The number of rotatable bonds is 5. The number of hydrogen-bond donors (Lipinski definition) is 1. The summed E-state index contributed by atoms with van der Waals surface area (Å²) in [6, 6.07) is 1.77. The van der Waals surface area contributed by atoms with Gasteiger partial charge in [0.15, 0.2) is 0 Å². The Bertz CT molecular complexity index is 808. The molecule has 0 spiro atoms. The van der Waals surface area contributed by atoms with Gasteiger partial charge in [0.2, 0.25) is 5.91 Å². The van der Waals surface area contributed by atoms with E-state index >= 15 is 0 Å². The molecule has 3 rings (SSSR count). The molecule has 0 bridgehead atoms. The summed E-state index contributed by atoms with van der Waals surface area (Å²) in [6.07, 6.45) is 9.59. The van der Waals surface area contributed by atoms with Gasteiger partial charge in [-0.15, -0.1) is 0 Å². The minimum absolute atomic E-state index is 0.233. The summed E-state index contributed by atoms with van der Waals surface area (Å²) in [4.78, 5) is 11.9. The summed E-state index contributed by atoms with van der Waals surface area (Å²) in [7, 11) is 0. The van der Waals surface area contributed by atoms with Crippen LogP contribution in [0.15, 0.2) is 46.0 Å². The fraction of sp³-hybridized carbons (Fsp3) is 0.188. The lowest BCUT2D eigenvalue weighted by atomic mass is 10.2. The Labute approximate surface area is 132 Å². The van der Waals surface area contributed by atoms with Gasteiger partial charge in [-0.3, -0.25) is 9.48 Å². The van der Waals surface area contributed by atoms with Crippen LogP contribution in [0.3, 0.4) is 0 Å². The molecule has 0 radical (unpaired) electrons. The highest BCUT2D eigenvalue weighted by molar-refractivity contribution is 6.01. The Morgan fingerprint density at radius 1 is 1.43 bits per heavy atom. The molecule has 0 fully saturated rings. The van der Waals surface area contributed by atoms with Gasteiger partial charge in [0.05, 0.1) is 36.6 Å². The summed E-state index contributed by atoms with van der Waals surface area (Å²) >= 11 is 0. The highest BCUT2D eigenvalue weighted by Crippen LogP contribution is 2.15. The monoisotopic (exact) mass is 312 g/mol. The molecule has 1 N–H and O–H groups in total. The molecule has 7 nitrogen and oxygen atoms in total. The number of nitrogens with one attached hydrogen (secondary N) is 1. The molecular weight excluding hydrogens is 296 g/mol. The van der Waals surface area contributed by atoms with Crippen LogP contribution in [0, 0.1) is 13.8 Å². The molecule has 1 amide bonds. The Balaban J connectivity index is 1.62. The average Bonchev–Trinajstić information content (AvgIpc) is 3.24. The number of amides is 1. The highest BCUT2D eigenvalue weighted by Gasteiger charge is 2.10. The number of hydrogen-bond acceptors (Lipinski definition) is 5. The zero-order valence-electron chi connectivity index (χ0n) is 12.8. The lowest BCUT2D eigenvalue weighted by Gasteiger charge is -2.00. The third-order valence-corrected chi connectivity index (χ3v) is 3.37. The third-order valence-electron chi connectivity index (χ3n) is 3.37. The molecule has 118 valence electrons.